The highest BCUT2D eigenvalue weighted by Gasteiger charge is 2.52. The Hall–Kier alpha value is -8.28. The first-order chi connectivity index (χ1) is 35.7. The third-order valence-corrected chi connectivity index (χ3v) is 18.3. The van der Waals surface area contributed by atoms with Crippen LogP contribution in [0.4, 0.5) is 17.1 Å². The molecule has 72 heavy (non-hydrogen) atoms. The van der Waals surface area contributed by atoms with E-state index in [-0.39, 0.29) is 0 Å². The molecular weight excluding hydrogens is 911 g/mol. The molecule has 0 unspecified atom stereocenters. The Bertz CT molecular complexity index is 3990. The van der Waals surface area contributed by atoms with Crippen molar-refractivity contribution in [3.8, 4) is 33.4 Å². The van der Waals surface area contributed by atoms with E-state index in [1.807, 2.05) is 23.5 Å². The van der Waals surface area contributed by atoms with Crippen molar-refractivity contribution in [3.05, 3.63) is 293 Å². The van der Waals surface area contributed by atoms with Gasteiger partial charge in [-0.15, -0.1) is 0 Å². The van der Waals surface area contributed by atoms with Crippen molar-refractivity contribution in [2.45, 2.75) is 30.4 Å². The lowest BCUT2D eigenvalue weighted by molar-refractivity contribution is 0.669. The van der Waals surface area contributed by atoms with Crippen molar-refractivity contribution in [2.24, 2.45) is 0 Å². The van der Waals surface area contributed by atoms with E-state index >= 15 is 0 Å². The number of benzene rings is 11. The van der Waals surface area contributed by atoms with Crippen LogP contribution in [-0.4, -0.2) is 0 Å². The molecule has 4 aliphatic rings. The molecule has 0 saturated heterocycles. The van der Waals surface area contributed by atoms with Gasteiger partial charge >= 0.3 is 0 Å². The number of rotatable bonds is 4. The summed E-state index contributed by atoms with van der Waals surface area (Å²) in [5.41, 5.74) is 22.0. The second-order valence-corrected chi connectivity index (χ2v) is 21.5. The fourth-order valence-electron chi connectivity index (χ4n) is 13.3. The number of fused-ring (bicyclic) bond motifs is 21. The van der Waals surface area contributed by atoms with Gasteiger partial charge in [0.15, 0.2) is 0 Å². The van der Waals surface area contributed by atoms with E-state index in [0.717, 1.165) is 50.1 Å². The van der Waals surface area contributed by atoms with Gasteiger partial charge in [-0.05, 0) is 139 Å². The lowest BCUT2D eigenvalue weighted by Gasteiger charge is -2.41. The molecule has 0 amide bonds. The SMILES string of the molecule is c1ccc2c(c1)Sc1ccc(N(c3ccc4c(c3)C3(c5ccccc5S4)c4ccccc4-c4ccccc43)c3ccccc3-c3cccc4oc5ccccc5c34)cc1C21c2ccccc2-c2ccccc21. The van der Waals surface area contributed by atoms with Crippen LogP contribution in [0.25, 0.3) is 55.3 Å². The van der Waals surface area contributed by atoms with E-state index in [4.69, 9.17) is 4.42 Å². The van der Waals surface area contributed by atoms with Crippen LogP contribution in [0.15, 0.2) is 273 Å². The van der Waals surface area contributed by atoms with Gasteiger partial charge in [-0.3, -0.25) is 0 Å². The average Bonchev–Trinajstić information content (AvgIpc) is 4.07. The lowest BCUT2D eigenvalue weighted by Crippen LogP contribution is -2.32. The summed E-state index contributed by atoms with van der Waals surface area (Å²) in [6, 6.07) is 93.1. The van der Waals surface area contributed by atoms with Gasteiger partial charge in [-0.2, -0.15) is 0 Å². The second-order valence-electron chi connectivity index (χ2n) is 19.4. The van der Waals surface area contributed by atoms with Crippen LogP contribution in [0, 0.1) is 0 Å². The quantitative estimate of drug-likeness (QED) is 0.175. The number of hydrogen-bond donors (Lipinski definition) is 0. The molecule has 3 heterocycles. The van der Waals surface area contributed by atoms with Crippen LogP contribution < -0.4 is 4.90 Å². The summed E-state index contributed by atoms with van der Waals surface area (Å²) in [6.45, 7) is 0. The maximum absolute atomic E-state index is 6.57. The van der Waals surface area contributed by atoms with E-state index in [2.05, 4.69) is 254 Å². The molecule has 2 aliphatic heterocycles. The topological polar surface area (TPSA) is 16.4 Å². The minimum atomic E-state index is -0.537. The molecular formula is C68H41NOS2. The molecule has 1 aromatic heterocycles. The van der Waals surface area contributed by atoms with Crippen molar-refractivity contribution in [2.75, 3.05) is 4.90 Å². The van der Waals surface area contributed by atoms with Crippen LogP contribution in [0.1, 0.15) is 44.5 Å². The predicted octanol–water partition coefficient (Wildman–Crippen LogP) is 18.4. The van der Waals surface area contributed by atoms with Gasteiger partial charge in [0.25, 0.3) is 0 Å². The Morgan fingerprint density at radius 2 is 0.681 bits per heavy atom. The fourth-order valence-corrected chi connectivity index (χ4v) is 15.6. The second kappa shape index (κ2) is 15.1. The van der Waals surface area contributed by atoms with Crippen LogP contribution in [0.2, 0.25) is 0 Å². The van der Waals surface area contributed by atoms with Gasteiger partial charge in [-0.1, -0.05) is 206 Å². The molecule has 0 atom stereocenters. The zero-order valence-electron chi connectivity index (χ0n) is 38.8. The normalized spacial score (nSPS) is 14.5. The van der Waals surface area contributed by atoms with Gasteiger partial charge in [0.2, 0.25) is 0 Å². The highest BCUT2D eigenvalue weighted by Crippen LogP contribution is 2.65. The molecule has 12 aromatic rings. The average molecular weight is 952 g/mol. The highest BCUT2D eigenvalue weighted by atomic mass is 32.2. The Morgan fingerprint density at radius 3 is 1.21 bits per heavy atom. The summed E-state index contributed by atoms with van der Waals surface area (Å²) < 4.78 is 6.57. The maximum atomic E-state index is 6.57. The molecule has 0 bridgehead atoms. The number of para-hydroxylation sites is 2. The maximum Gasteiger partial charge on any atom is 0.136 e. The van der Waals surface area contributed by atoms with Crippen molar-refractivity contribution in [3.63, 3.8) is 0 Å². The minimum absolute atomic E-state index is 0.537. The smallest absolute Gasteiger partial charge is 0.136 e. The molecule has 16 rings (SSSR count). The summed E-state index contributed by atoms with van der Waals surface area (Å²) in [5.74, 6) is 0. The standard InChI is InChI=1S/C68H41NOS2/c1-7-25-51-44(18-1)45-19-2-8-26-52(45)67(51)55-29-11-15-34-62(55)71-64-38-36-42(40-57(64)67)69(59-31-13-5-22-48(59)49-24-17-33-61-66(49)50-23-6-14-32-60(50)70-61)43-37-39-65-58(41-43)68(56-30-12-16-35-63(56)72-65)53-27-9-3-20-46(53)47-21-4-10-28-54(47)68/h1-41H. The highest BCUT2D eigenvalue weighted by molar-refractivity contribution is 7.99. The first kappa shape index (κ1) is 40.4. The van der Waals surface area contributed by atoms with E-state index in [1.165, 1.54) is 86.3 Å². The Labute approximate surface area is 426 Å². The summed E-state index contributed by atoms with van der Waals surface area (Å²) in [6.07, 6.45) is 0. The van der Waals surface area contributed by atoms with E-state index in [1.54, 1.807) is 0 Å². The van der Waals surface area contributed by atoms with Crippen molar-refractivity contribution in [1.82, 2.24) is 0 Å². The molecule has 0 radical (unpaired) electrons. The summed E-state index contributed by atoms with van der Waals surface area (Å²) in [5, 5.41) is 2.23. The predicted molar refractivity (Wildman–Crippen MR) is 297 cm³/mol. The fraction of sp³-hybridized carbons (Fsp3) is 0.0294. The zero-order valence-corrected chi connectivity index (χ0v) is 40.5. The Balaban J connectivity index is 1.00. The van der Waals surface area contributed by atoms with Crippen LogP contribution in [0.5, 0.6) is 0 Å². The minimum Gasteiger partial charge on any atom is -0.456 e. The third-order valence-electron chi connectivity index (χ3n) is 16.0. The first-order valence-corrected chi connectivity index (χ1v) is 26.4. The molecule has 336 valence electrons. The Kier molecular flexibility index (Phi) is 8.49. The molecule has 2 spiro atoms. The Morgan fingerprint density at radius 1 is 0.292 bits per heavy atom. The summed E-state index contributed by atoms with van der Waals surface area (Å²) in [4.78, 5) is 7.67. The number of anilines is 3. The molecule has 4 heteroatoms. The zero-order chi connectivity index (χ0) is 47.1. The monoisotopic (exact) mass is 951 g/mol. The molecule has 2 aliphatic carbocycles. The van der Waals surface area contributed by atoms with Gasteiger partial charge in [-0.25, -0.2) is 0 Å². The van der Waals surface area contributed by atoms with Gasteiger partial charge in [0.1, 0.15) is 11.2 Å². The van der Waals surface area contributed by atoms with E-state index < -0.39 is 10.8 Å². The lowest BCUT2D eigenvalue weighted by atomic mass is 9.67. The van der Waals surface area contributed by atoms with Crippen LogP contribution in [-0.2, 0) is 10.8 Å². The van der Waals surface area contributed by atoms with Crippen molar-refractivity contribution >= 4 is 62.5 Å². The van der Waals surface area contributed by atoms with Crippen molar-refractivity contribution < 1.29 is 4.42 Å². The largest absolute Gasteiger partial charge is 0.456 e. The third kappa shape index (κ3) is 5.27. The van der Waals surface area contributed by atoms with E-state index in [0.29, 0.717) is 0 Å². The number of furan rings is 1. The van der Waals surface area contributed by atoms with Gasteiger partial charge in [0, 0.05) is 47.3 Å². The molecule has 11 aromatic carbocycles. The number of hydrogen-bond acceptors (Lipinski definition) is 4. The molecule has 2 nitrogen and oxygen atoms in total. The summed E-state index contributed by atoms with van der Waals surface area (Å²) in [7, 11) is 0. The molecule has 0 N–H and O–H groups in total. The molecule has 0 fully saturated rings. The van der Waals surface area contributed by atoms with Crippen LogP contribution >= 0.6 is 23.5 Å². The summed E-state index contributed by atoms with van der Waals surface area (Å²) >= 11 is 3.78. The van der Waals surface area contributed by atoms with Gasteiger partial charge in [0.05, 0.1) is 16.5 Å². The van der Waals surface area contributed by atoms with Crippen LogP contribution in [0.3, 0.4) is 0 Å². The van der Waals surface area contributed by atoms with E-state index in [9.17, 15) is 0 Å². The van der Waals surface area contributed by atoms with Crippen molar-refractivity contribution in [1.29, 1.82) is 0 Å². The number of nitrogens with zero attached hydrogens (tertiary/aromatic N) is 1. The molecule has 0 saturated carbocycles. The van der Waals surface area contributed by atoms with Gasteiger partial charge < -0.3 is 9.32 Å². The first-order valence-electron chi connectivity index (χ1n) is 24.7.